The van der Waals surface area contributed by atoms with E-state index in [2.05, 4.69) is 26.3 Å². The number of hydrogen-bond acceptors (Lipinski definition) is 8. The maximum Gasteiger partial charge on any atom is 0.305 e. The van der Waals surface area contributed by atoms with Gasteiger partial charge in [0.05, 0.1) is 19.5 Å². The molecule has 0 radical (unpaired) electrons. The fraction of sp³-hybridized carbons (Fsp3) is 0.667. The van der Waals surface area contributed by atoms with E-state index in [4.69, 9.17) is 11.5 Å². The molecule has 0 aromatic heterocycles. The highest BCUT2D eigenvalue weighted by atomic mass is 16.4. The molecule has 6 amide bonds. The van der Waals surface area contributed by atoms with Crippen molar-refractivity contribution in [2.24, 2.45) is 16.5 Å². The molecular weight excluding hydrogens is 542 g/mol. The second-order valence-corrected chi connectivity index (χ2v) is 10.1. The van der Waals surface area contributed by atoms with E-state index in [1.807, 2.05) is 0 Å². The Kier molecular flexibility index (Phi) is 10.8. The first-order valence-corrected chi connectivity index (χ1v) is 13.5. The Balaban J connectivity index is 1.85. The summed E-state index contributed by atoms with van der Waals surface area (Å²) in [5, 5.41) is 19.1. The van der Waals surface area contributed by atoms with Crippen LogP contribution in [0.1, 0.15) is 44.9 Å². The molecule has 0 aromatic carbocycles. The molecule has 4 atom stereocenters. The van der Waals surface area contributed by atoms with E-state index in [0.717, 1.165) is 0 Å². The van der Waals surface area contributed by atoms with E-state index in [1.54, 1.807) is 0 Å². The molecule has 3 rings (SSSR count). The molecule has 0 saturated carbocycles. The van der Waals surface area contributed by atoms with Crippen LogP contribution in [0.3, 0.4) is 0 Å². The van der Waals surface area contributed by atoms with Gasteiger partial charge in [0.25, 0.3) is 0 Å². The van der Waals surface area contributed by atoms with Crippen LogP contribution >= 0.6 is 0 Å². The second kappa shape index (κ2) is 14.3. The highest BCUT2D eigenvalue weighted by molar-refractivity contribution is 5.98. The summed E-state index contributed by atoms with van der Waals surface area (Å²) in [7, 11) is 0. The van der Waals surface area contributed by atoms with Crippen LogP contribution in [0.2, 0.25) is 0 Å². The molecule has 3 aliphatic heterocycles. The summed E-state index contributed by atoms with van der Waals surface area (Å²) in [6.07, 6.45) is 1.31. The number of nitrogens with one attached hydrogen (secondary N) is 4. The lowest BCUT2D eigenvalue weighted by Crippen LogP contribution is -2.58. The average molecular weight is 580 g/mol. The zero-order valence-electron chi connectivity index (χ0n) is 22.6. The Labute approximate surface area is 235 Å². The molecule has 0 aromatic rings. The van der Waals surface area contributed by atoms with Crippen molar-refractivity contribution in [3.8, 4) is 0 Å². The van der Waals surface area contributed by atoms with Crippen LogP contribution < -0.4 is 32.7 Å². The van der Waals surface area contributed by atoms with Crippen molar-refractivity contribution in [3.05, 3.63) is 0 Å². The Morgan fingerprint density at radius 1 is 0.829 bits per heavy atom. The standard InChI is InChI=1S/C24H37N9O8/c25-24(26)27-7-1-4-13-20(38)28-11-18(35)31-14(10-19(36)37)22(40)33-9-3-6-16(33)23(41)32-8-2-5-15(32)21(39)29-12-17(34)30-13/h13-16H,1-12H2,(H,28,38)(H,29,39)(H,30,34)(H,31,35)(H,36,37)(H4,25,26,27)/t13-,14-,15-,16+/m0/s1. The summed E-state index contributed by atoms with van der Waals surface area (Å²) >= 11 is 0. The predicted molar refractivity (Wildman–Crippen MR) is 142 cm³/mol. The zero-order valence-corrected chi connectivity index (χ0v) is 22.6. The molecule has 3 fully saturated rings. The van der Waals surface area contributed by atoms with Crippen molar-refractivity contribution in [2.45, 2.75) is 69.1 Å². The highest BCUT2D eigenvalue weighted by Gasteiger charge is 2.44. The number of hydrogen-bond donors (Lipinski definition) is 7. The Morgan fingerprint density at radius 3 is 2.00 bits per heavy atom. The van der Waals surface area contributed by atoms with Crippen LogP contribution in [0.25, 0.3) is 0 Å². The molecule has 3 aliphatic rings. The van der Waals surface area contributed by atoms with Crippen molar-refractivity contribution in [1.82, 2.24) is 31.1 Å². The van der Waals surface area contributed by atoms with E-state index in [0.29, 0.717) is 32.1 Å². The number of carboxylic acid groups (broad SMARTS) is 1. The number of carbonyl (C=O) groups excluding carboxylic acids is 6. The predicted octanol–water partition coefficient (Wildman–Crippen LogP) is -4.29. The number of guanidine groups is 1. The number of nitrogens with zero attached hydrogens (tertiary/aromatic N) is 3. The van der Waals surface area contributed by atoms with Gasteiger partial charge in [0, 0.05) is 19.6 Å². The molecule has 0 bridgehead atoms. The third kappa shape index (κ3) is 8.52. The highest BCUT2D eigenvalue weighted by Crippen LogP contribution is 2.26. The van der Waals surface area contributed by atoms with Gasteiger partial charge in [-0.25, -0.2) is 0 Å². The first-order chi connectivity index (χ1) is 19.5. The van der Waals surface area contributed by atoms with Crippen molar-refractivity contribution < 1.29 is 38.7 Å². The lowest BCUT2D eigenvalue weighted by molar-refractivity contribution is -0.149. The largest absolute Gasteiger partial charge is 0.481 e. The minimum absolute atomic E-state index is 0.0886. The van der Waals surface area contributed by atoms with Gasteiger partial charge >= 0.3 is 5.97 Å². The molecule has 17 heteroatoms. The van der Waals surface area contributed by atoms with Crippen molar-refractivity contribution in [2.75, 3.05) is 32.7 Å². The van der Waals surface area contributed by atoms with Gasteiger partial charge in [-0.3, -0.25) is 38.6 Å². The second-order valence-electron chi connectivity index (χ2n) is 10.1. The third-order valence-corrected chi connectivity index (χ3v) is 7.11. The molecule has 0 unspecified atom stereocenters. The number of carboxylic acids is 1. The smallest absolute Gasteiger partial charge is 0.305 e. The fourth-order valence-corrected chi connectivity index (χ4v) is 5.20. The Bertz CT molecular complexity index is 1090. The molecule has 3 heterocycles. The van der Waals surface area contributed by atoms with Gasteiger partial charge in [-0.2, -0.15) is 0 Å². The van der Waals surface area contributed by atoms with Crippen LogP contribution in [0.15, 0.2) is 4.99 Å². The molecule has 3 saturated heterocycles. The van der Waals surface area contributed by atoms with Gasteiger partial charge in [0.2, 0.25) is 35.4 Å². The summed E-state index contributed by atoms with van der Waals surface area (Å²) in [5.41, 5.74) is 10.6. The number of aliphatic carboxylic acids is 1. The fourth-order valence-electron chi connectivity index (χ4n) is 5.20. The number of aliphatic imine (C=N–C) groups is 1. The van der Waals surface area contributed by atoms with Gasteiger partial charge in [0.15, 0.2) is 5.96 Å². The SMILES string of the molecule is NC(N)=NCCC[C@@H]1NC(=O)CNC(=O)[C@@H]2CCCN2C(=O)[C@H]2CCCN2C(=O)[C@H](CC(=O)O)NC(=O)CNC1=O. The number of nitrogens with two attached hydrogens (primary N) is 2. The van der Waals surface area contributed by atoms with Gasteiger partial charge < -0.3 is 47.6 Å². The molecule has 9 N–H and O–H groups in total. The van der Waals surface area contributed by atoms with Crippen LogP contribution in [-0.4, -0.2) is 119 Å². The lowest BCUT2D eigenvalue weighted by atomic mass is 10.1. The van der Waals surface area contributed by atoms with Gasteiger partial charge in [-0.05, 0) is 38.5 Å². The van der Waals surface area contributed by atoms with Crippen molar-refractivity contribution in [3.63, 3.8) is 0 Å². The van der Waals surface area contributed by atoms with E-state index in [-0.39, 0.29) is 32.0 Å². The van der Waals surface area contributed by atoms with E-state index < -0.39 is 85.1 Å². The average Bonchev–Trinajstić information content (AvgIpc) is 3.60. The summed E-state index contributed by atoms with van der Waals surface area (Å²) < 4.78 is 0. The van der Waals surface area contributed by atoms with E-state index >= 15 is 0 Å². The summed E-state index contributed by atoms with van der Waals surface area (Å²) in [6, 6.07) is -4.39. The number of fused-ring (bicyclic) bond motifs is 2. The molecule has 0 spiro atoms. The van der Waals surface area contributed by atoms with Gasteiger partial charge in [-0.15, -0.1) is 0 Å². The first kappa shape index (κ1) is 31.1. The minimum atomic E-state index is -1.49. The topological polar surface area (TPSA) is 259 Å². The first-order valence-electron chi connectivity index (χ1n) is 13.5. The molecule has 0 aliphatic carbocycles. The summed E-state index contributed by atoms with van der Waals surface area (Å²) in [6.45, 7) is -0.460. The molecule has 41 heavy (non-hydrogen) atoms. The maximum atomic E-state index is 13.5. The zero-order chi connectivity index (χ0) is 30.1. The molecule has 17 nitrogen and oxygen atoms in total. The van der Waals surface area contributed by atoms with Crippen LogP contribution in [-0.2, 0) is 33.6 Å². The third-order valence-electron chi connectivity index (χ3n) is 7.11. The maximum absolute atomic E-state index is 13.5. The van der Waals surface area contributed by atoms with Crippen LogP contribution in [0.5, 0.6) is 0 Å². The number of carbonyl (C=O) groups is 7. The quantitative estimate of drug-likeness (QED) is 0.0904. The summed E-state index contributed by atoms with van der Waals surface area (Å²) in [4.78, 5) is 96.0. The Morgan fingerprint density at radius 2 is 1.39 bits per heavy atom. The van der Waals surface area contributed by atoms with Gasteiger partial charge in [0.1, 0.15) is 24.2 Å². The van der Waals surface area contributed by atoms with Crippen molar-refractivity contribution in [1.29, 1.82) is 0 Å². The van der Waals surface area contributed by atoms with Crippen LogP contribution in [0.4, 0.5) is 0 Å². The van der Waals surface area contributed by atoms with Gasteiger partial charge in [-0.1, -0.05) is 0 Å². The summed E-state index contributed by atoms with van der Waals surface area (Å²) in [5.74, 6) is -5.47. The van der Waals surface area contributed by atoms with Crippen molar-refractivity contribution >= 4 is 47.4 Å². The minimum Gasteiger partial charge on any atom is -0.481 e. The van der Waals surface area contributed by atoms with Crippen LogP contribution in [0, 0.1) is 0 Å². The lowest BCUT2D eigenvalue weighted by Gasteiger charge is -2.32. The van der Waals surface area contributed by atoms with E-state index in [9.17, 15) is 38.7 Å². The number of rotatable bonds is 6. The van der Waals surface area contributed by atoms with E-state index in [1.165, 1.54) is 9.80 Å². The normalized spacial score (nSPS) is 26.5. The monoisotopic (exact) mass is 579 g/mol. The Hall–Kier alpha value is -4.44. The number of amides is 6. The molecule has 226 valence electrons. The molecular formula is C24H37N9O8.